The molecular formula is C21H25N5O2. The SMILES string of the molecule is O=C(CCc1ncc(-c2ccccc2)o1)NCCc1nnc2n1CCCCC2. The van der Waals surface area contributed by atoms with Crippen molar-refractivity contribution >= 4 is 5.91 Å². The van der Waals surface area contributed by atoms with Gasteiger partial charge in [-0.25, -0.2) is 4.98 Å². The van der Waals surface area contributed by atoms with Crippen molar-refractivity contribution in [3.63, 3.8) is 0 Å². The Morgan fingerprint density at radius 3 is 2.89 bits per heavy atom. The minimum Gasteiger partial charge on any atom is -0.441 e. The average molecular weight is 379 g/mol. The Morgan fingerprint density at radius 2 is 2.00 bits per heavy atom. The van der Waals surface area contributed by atoms with Gasteiger partial charge in [-0.3, -0.25) is 4.79 Å². The summed E-state index contributed by atoms with van der Waals surface area (Å²) in [7, 11) is 0. The molecule has 0 spiro atoms. The molecule has 7 heteroatoms. The van der Waals surface area contributed by atoms with Crippen LogP contribution >= 0.6 is 0 Å². The third-order valence-electron chi connectivity index (χ3n) is 5.03. The molecule has 0 fully saturated rings. The van der Waals surface area contributed by atoms with Crippen LogP contribution < -0.4 is 5.32 Å². The normalized spacial score (nSPS) is 13.7. The lowest BCUT2D eigenvalue weighted by molar-refractivity contribution is -0.121. The molecule has 0 radical (unpaired) electrons. The molecule has 3 aromatic rings. The fraction of sp³-hybridized carbons (Fsp3) is 0.429. The number of carbonyl (C=O) groups excluding carboxylic acids is 1. The van der Waals surface area contributed by atoms with Crippen molar-refractivity contribution in [2.75, 3.05) is 6.54 Å². The summed E-state index contributed by atoms with van der Waals surface area (Å²) in [6, 6.07) is 9.82. The summed E-state index contributed by atoms with van der Waals surface area (Å²) >= 11 is 0. The summed E-state index contributed by atoms with van der Waals surface area (Å²) in [4.78, 5) is 16.4. The summed E-state index contributed by atoms with van der Waals surface area (Å²) < 4.78 is 7.96. The Labute approximate surface area is 164 Å². The standard InChI is InChI=1S/C21H25N5O2/c27-20(10-11-21-23-15-17(28-21)16-7-3-1-4-8-16)22-13-12-19-25-24-18-9-5-2-6-14-26(18)19/h1,3-4,7-8,15H,2,5-6,9-14H2,(H,22,27). The number of amides is 1. The minimum absolute atomic E-state index is 0.00457. The number of carbonyl (C=O) groups is 1. The van der Waals surface area contributed by atoms with E-state index in [1.165, 1.54) is 19.3 Å². The van der Waals surface area contributed by atoms with Crippen LogP contribution in [0.25, 0.3) is 11.3 Å². The van der Waals surface area contributed by atoms with Gasteiger partial charge < -0.3 is 14.3 Å². The highest BCUT2D eigenvalue weighted by molar-refractivity contribution is 5.76. The van der Waals surface area contributed by atoms with E-state index >= 15 is 0 Å². The largest absolute Gasteiger partial charge is 0.441 e. The second kappa shape index (κ2) is 8.82. The lowest BCUT2D eigenvalue weighted by atomic mass is 10.2. The quantitative estimate of drug-likeness (QED) is 0.682. The van der Waals surface area contributed by atoms with E-state index in [0.717, 1.165) is 35.9 Å². The Balaban J connectivity index is 1.22. The monoisotopic (exact) mass is 379 g/mol. The summed E-state index contributed by atoms with van der Waals surface area (Å²) in [5, 5.41) is 11.6. The molecule has 4 rings (SSSR count). The van der Waals surface area contributed by atoms with Gasteiger partial charge in [0.1, 0.15) is 11.6 Å². The Bertz CT molecular complexity index is 916. The fourth-order valence-electron chi connectivity index (χ4n) is 3.51. The minimum atomic E-state index is -0.00457. The van der Waals surface area contributed by atoms with Gasteiger partial charge in [-0.15, -0.1) is 10.2 Å². The molecule has 1 aliphatic rings. The van der Waals surface area contributed by atoms with E-state index < -0.39 is 0 Å². The number of nitrogens with zero attached hydrogens (tertiary/aromatic N) is 4. The second-order valence-electron chi connectivity index (χ2n) is 7.08. The van der Waals surface area contributed by atoms with Crippen LogP contribution in [0.5, 0.6) is 0 Å². The van der Waals surface area contributed by atoms with Crippen molar-refractivity contribution in [3.8, 4) is 11.3 Å². The lowest BCUT2D eigenvalue weighted by Crippen LogP contribution is -2.26. The molecule has 0 bridgehead atoms. The van der Waals surface area contributed by atoms with Crippen molar-refractivity contribution in [1.29, 1.82) is 0 Å². The molecule has 1 aliphatic heterocycles. The number of hydrogen-bond donors (Lipinski definition) is 1. The highest BCUT2D eigenvalue weighted by atomic mass is 16.4. The van der Waals surface area contributed by atoms with Gasteiger partial charge in [0.15, 0.2) is 11.7 Å². The van der Waals surface area contributed by atoms with Crippen molar-refractivity contribution in [2.24, 2.45) is 0 Å². The summed E-state index contributed by atoms with van der Waals surface area (Å²) in [5.41, 5.74) is 0.984. The molecule has 1 amide bonds. The molecular weight excluding hydrogens is 354 g/mol. The van der Waals surface area contributed by atoms with Gasteiger partial charge >= 0.3 is 0 Å². The van der Waals surface area contributed by atoms with Crippen LogP contribution in [0, 0.1) is 0 Å². The molecule has 7 nitrogen and oxygen atoms in total. The fourth-order valence-corrected chi connectivity index (χ4v) is 3.51. The zero-order chi connectivity index (χ0) is 19.2. The predicted molar refractivity (Wildman–Crippen MR) is 105 cm³/mol. The molecule has 2 aromatic heterocycles. The van der Waals surface area contributed by atoms with E-state index in [-0.39, 0.29) is 5.91 Å². The topological polar surface area (TPSA) is 85.8 Å². The maximum absolute atomic E-state index is 12.1. The highest BCUT2D eigenvalue weighted by Crippen LogP contribution is 2.20. The Kier molecular flexibility index (Phi) is 5.80. The van der Waals surface area contributed by atoms with Crippen LogP contribution in [0.2, 0.25) is 0 Å². The van der Waals surface area contributed by atoms with E-state index in [9.17, 15) is 4.79 Å². The number of rotatable bonds is 7. The highest BCUT2D eigenvalue weighted by Gasteiger charge is 2.15. The first-order chi connectivity index (χ1) is 13.8. The molecule has 1 aromatic carbocycles. The first kappa shape index (κ1) is 18.4. The Morgan fingerprint density at radius 1 is 1.11 bits per heavy atom. The zero-order valence-corrected chi connectivity index (χ0v) is 15.9. The van der Waals surface area contributed by atoms with Crippen LogP contribution in [0.4, 0.5) is 0 Å². The second-order valence-corrected chi connectivity index (χ2v) is 7.08. The van der Waals surface area contributed by atoms with Crippen molar-refractivity contribution < 1.29 is 9.21 Å². The van der Waals surface area contributed by atoms with Gasteiger partial charge in [0.25, 0.3) is 0 Å². The van der Waals surface area contributed by atoms with Crippen LogP contribution in [0.1, 0.15) is 43.2 Å². The molecule has 0 saturated carbocycles. The summed E-state index contributed by atoms with van der Waals surface area (Å²) in [6.45, 7) is 1.55. The number of fused-ring (bicyclic) bond motifs is 1. The van der Waals surface area contributed by atoms with Crippen LogP contribution in [0.15, 0.2) is 40.9 Å². The molecule has 28 heavy (non-hydrogen) atoms. The first-order valence-corrected chi connectivity index (χ1v) is 9.97. The van der Waals surface area contributed by atoms with Crippen LogP contribution in [-0.2, 0) is 30.6 Å². The molecule has 0 atom stereocenters. The molecule has 1 N–H and O–H groups in total. The number of nitrogens with one attached hydrogen (secondary N) is 1. The molecule has 0 saturated heterocycles. The zero-order valence-electron chi connectivity index (χ0n) is 15.9. The molecule has 0 unspecified atom stereocenters. The lowest BCUT2D eigenvalue weighted by Gasteiger charge is -2.07. The average Bonchev–Trinajstić information content (AvgIpc) is 3.28. The van der Waals surface area contributed by atoms with Gasteiger partial charge in [0.2, 0.25) is 5.91 Å². The van der Waals surface area contributed by atoms with Gasteiger partial charge in [-0.2, -0.15) is 0 Å². The van der Waals surface area contributed by atoms with Gasteiger partial charge in [0.05, 0.1) is 6.20 Å². The van der Waals surface area contributed by atoms with E-state index in [1.807, 2.05) is 30.3 Å². The summed E-state index contributed by atoms with van der Waals surface area (Å²) in [5.74, 6) is 3.35. The number of benzene rings is 1. The van der Waals surface area contributed by atoms with Gasteiger partial charge in [-0.05, 0) is 12.8 Å². The van der Waals surface area contributed by atoms with Gasteiger partial charge in [-0.1, -0.05) is 36.8 Å². The molecule has 0 aliphatic carbocycles. The third-order valence-corrected chi connectivity index (χ3v) is 5.03. The maximum Gasteiger partial charge on any atom is 0.220 e. The van der Waals surface area contributed by atoms with E-state index in [0.29, 0.717) is 31.7 Å². The Hall–Kier alpha value is -2.96. The molecule has 146 valence electrons. The third kappa shape index (κ3) is 4.47. The van der Waals surface area contributed by atoms with E-state index in [2.05, 4.69) is 25.1 Å². The number of oxazole rings is 1. The smallest absolute Gasteiger partial charge is 0.220 e. The van der Waals surface area contributed by atoms with Crippen LogP contribution in [-0.4, -0.2) is 32.2 Å². The van der Waals surface area contributed by atoms with Crippen molar-refractivity contribution in [1.82, 2.24) is 25.1 Å². The van der Waals surface area contributed by atoms with Crippen molar-refractivity contribution in [2.45, 2.75) is 51.5 Å². The molecule has 3 heterocycles. The number of hydrogen-bond acceptors (Lipinski definition) is 5. The number of aryl methyl sites for hydroxylation is 2. The van der Waals surface area contributed by atoms with E-state index in [4.69, 9.17) is 4.42 Å². The maximum atomic E-state index is 12.1. The van der Waals surface area contributed by atoms with Crippen molar-refractivity contribution in [3.05, 3.63) is 54.1 Å². The first-order valence-electron chi connectivity index (χ1n) is 9.97. The van der Waals surface area contributed by atoms with E-state index in [1.54, 1.807) is 6.20 Å². The number of aromatic nitrogens is 4. The van der Waals surface area contributed by atoms with Crippen LogP contribution in [0.3, 0.4) is 0 Å². The summed E-state index contributed by atoms with van der Waals surface area (Å²) in [6.07, 6.45) is 7.85. The predicted octanol–water partition coefficient (Wildman–Crippen LogP) is 2.95. The van der Waals surface area contributed by atoms with Gasteiger partial charge in [0, 0.05) is 44.3 Å².